The van der Waals surface area contributed by atoms with Gasteiger partial charge in [0.15, 0.2) is 0 Å². The summed E-state index contributed by atoms with van der Waals surface area (Å²) in [5, 5.41) is 0. The Morgan fingerprint density at radius 2 is 1.58 bits per heavy atom. The summed E-state index contributed by atoms with van der Waals surface area (Å²) in [6, 6.07) is 0. The Morgan fingerprint density at radius 1 is 1.08 bits per heavy atom. The van der Waals surface area contributed by atoms with E-state index in [9.17, 15) is 0 Å². The van der Waals surface area contributed by atoms with Gasteiger partial charge in [0.05, 0.1) is 0 Å². The maximum absolute atomic E-state index is 2.38. The van der Waals surface area contributed by atoms with Crippen molar-refractivity contribution in [3.05, 3.63) is 0 Å². The lowest BCUT2D eigenvalue weighted by molar-refractivity contribution is 0.169. The van der Waals surface area contributed by atoms with Gasteiger partial charge in [0.25, 0.3) is 0 Å². The SMILES string of the molecule is CCC1(CC(C)(C)C)CCCC1. The van der Waals surface area contributed by atoms with Gasteiger partial charge in [-0.25, -0.2) is 0 Å². The van der Waals surface area contributed by atoms with Crippen molar-refractivity contribution in [3.8, 4) is 0 Å². The van der Waals surface area contributed by atoms with Gasteiger partial charge in [-0.05, 0) is 30.1 Å². The van der Waals surface area contributed by atoms with Gasteiger partial charge in [0, 0.05) is 0 Å². The molecule has 0 N–H and O–H groups in total. The van der Waals surface area contributed by atoms with Crippen molar-refractivity contribution in [1.82, 2.24) is 0 Å². The van der Waals surface area contributed by atoms with Crippen LogP contribution in [0.25, 0.3) is 0 Å². The minimum Gasteiger partial charge on any atom is -0.0649 e. The molecule has 1 aliphatic rings. The van der Waals surface area contributed by atoms with E-state index in [4.69, 9.17) is 0 Å². The molecule has 72 valence electrons. The third-order valence-corrected chi connectivity index (χ3v) is 3.32. The standard InChI is InChI=1S/C12H24/c1-5-12(8-6-7-9-12)10-11(2,3)4/h5-10H2,1-4H3. The number of hydrogen-bond acceptors (Lipinski definition) is 0. The second-order valence-electron chi connectivity index (χ2n) is 5.80. The third-order valence-electron chi connectivity index (χ3n) is 3.32. The zero-order chi connectivity index (χ0) is 9.24. The van der Waals surface area contributed by atoms with Gasteiger partial charge in [-0.2, -0.15) is 0 Å². The predicted octanol–water partition coefficient (Wildman–Crippen LogP) is 4.39. The van der Waals surface area contributed by atoms with Crippen LogP contribution in [-0.4, -0.2) is 0 Å². The normalized spacial score (nSPS) is 23.0. The molecule has 0 saturated heterocycles. The lowest BCUT2D eigenvalue weighted by Crippen LogP contribution is -2.23. The first-order valence-corrected chi connectivity index (χ1v) is 5.47. The topological polar surface area (TPSA) is 0 Å². The highest BCUT2D eigenvalue weighted by molar-refractivity contribution is 4.87. The van der Waals surface area contributed by atoms with Crippen molar-refractivity contribution in [1.29, 1.82) is 0 Å². The fourth-order valence-corrected chi connectivity index (χ4v) is 2.91. The highest BCUT2D eigenvalue weighted by atomic mass is 14.4. The average molecular weight is 168 g/mol. The highest BCUT2D eigenvalue weighted by Gasteiger charge is 2.35. The van der Waals surface area contributed by atoms with Crippen LogP contribution in [0.2, 0.25) is 0 Å². The average Bonchev–Trinajstić information content (AvgIpc) is 2.34. The Kier molecular flexibility index (Phi) is 2.85. The van der Waals surface area contributed by atoms with E-state index in [2.05, 4.69) is 27.7 Å². The van der Waals surface area contributed by atoms with Crippen LogP contribution in [0.1, 0.15) is 66.2 Å². The van der Waals surface area contributed by atoms with E-state index < -0.39 is 0 Å². The Morgan fingerprint density at radius 3 is 1.92 bits per heavy atom. The zero-order valence-corrected chi connectivity index (χ0v) is 9.24. The quantitative estimate of drug-likeness (QED) is 0.573. The summed E-state index contributed by atoms with van der Waals surface area (Å²) in [6.45, 7) is 9.51. The van der Waals surface area contributed by atoms with Crippen LogP contribution in [0.3, 0.4) is 0 Å². The lowest BCUT2D eigenvalue weighted by Gasteiger charge is -2.34. The fraction of sp³-hybridized carbons (Fsp3) is 1.00. The summed E-state index contributed by atoms with van der Waals surface area (Å²) >= 11 is 0. The molecule has 1 aliphatic carbocycles. The second-order valence-corrected chi connectivity index (χ2v) is 5.80. The monoisotopic (exact) mass is 168 g/mol. The van der Waals surface area contributed by atoms with Crippen molar-refractivity contribution in [3.63, 3.8) is 0 Å². The Labute approximate surface area is 77.7 Å². The maximum atomic E-state index is 2.38. The number of rotatable bonds is 2. The van der Waals surface area contributed by atoms with Crippen LogP contribution in [-0.2, 0) is 0 Å². The lowest BCUT2D eigenvalue weighted by atomic mass is 9.71. The van der Waals surface area contributed by atoms with E-state index >= 15 is 0 Å². The summed E-state index contributed by atoms with van der Waals surface area (Å²) in [7, 11) is 0. The molecule has 0 amide bonds. The van der Waals surface area contributed by atoms with Gasteiger partial charge in [-0.15, -0.1) is 0 Å². The second kappa shape index (κ2) is 3.40. The zero-order valence-electron chi connectivity index (χ0n) is 9.24. The van der Waals surface area contributed by atoms with E-state index in [-0.39, 0.29) is 0 Å². The molecular weight excluding hydrogens is 144 g/mol. The summed E-state index contributed by atoms with van der Waals surface area (Å²) in [5.41, 5.74) is 1.25. The van der Waals surface area contributed by atoms with Gasteiger partial charge in [-0.1, -0.05) is 47.0 Å². The van der Waals surface area contributed by atoms with E-state index in [1.54, 1.807) is 0 Å². The van der Waals surface area contributed by atoms with Gasteiger partial charge < -0.3 is 0 Å². The van der Waals surface area contributed by atoms with Gasteiger partial charge in [0.1, 0.15) is 0 Å². The molecule has 0 radical (unpaired) electrons. The third kappa shape index (κ3) is 2.50. The molecule has 12 heavy (non-hydrogen) atoms. The van der Waals surface area contributed by atoms with Crippen LogP contribution in [0.4, 0.5) is 0 Å². The molecule has 0 aromatic carbocycles. The minimum absolute atomic E-state index is 0.528. The van der Waals surface area contributed by atoms with Crippen molar-refractivity contribution in [2.75, 3.05) is 0 Å². The summed E-state index contributed by atoms with van der Waals surface area (Å²) < 4.78 is 0. The largest absolute Gasteiger partial charge is 0.0649 e. The maximum Gasteiger partial charge on any atom is -0.0295 e. The molecule has 0 nitrogen and oxygen atoms in total. The van der Waals surface area contributed by atoms with Crippen molar-refractivity contribution < 1.29 is 0 Å². The van der Waals surface area contributed by atoms with E-state index in [1.165, 1.54) is 38.5 Å². The van der Waals surface area contributed by atoms with Gasteiger partial charge in [-0.3, -0.25) is 0 Å². The predicted molar refractivity (Wildman–Crippen MR) is 55.3 cm³/mol. The Balaban J connectivity index is 2.55. The summed E-state index contributed by atoms with van der Waals surface area (Å²) in [6.07, 6.45) is 8.75. The molecule has 1 rings (SSSR count). The Bertz CT molecular complexity index is 133. The van der Waals surface area contributed by atoms with Crippen molar-refractivity contribution >= 4 is 0 Å². The first-order chi connectivity index (χ1) is 5.47. The van der Waals surface area contributed by atoms with Gasteiger partial charge in [0.2, 0.25) is 0 Å². The van der Waals surface area contributed by atoms with E-state index in [0.717, 1.165) is 5.41 Å². The molecule has 0 spiro atoms. The molecule has 0 heteroatoms. The van der Waals surface area contributed by atoms with Crippen LogP contribution >= 0.6 is 0 Å². The molecule has 0 atom stereocenters. The minimum atomic E-state index is 0.528. The molecule has 0 bridgehead atoms. The molecule has 0 unspecified atom stereocenters. The van der Waals surface area contributed by atoms with Crippen LogP contribution in [0.5, 0.6) is 0 Å². The fourth-order valence-electron chi connectivity index (χ4n) is 2.91. The van der Waals surface area contributed by atoms with E-state index in [1.807, 2.05) is 0 Å². The van der Waals surface area contributed by atoms with Gasteiger partial charge >= 0.3 is 0 Å². The Hall–Kier alpha value is 0. The summed E-state index contributed by atoms with van der Waals surface area (Å²) in [4.78, 5) is 0. The smallest absolute Gasteiger partial charge is 0.0295 e. The molecule has 0 heterocycles. The highest BCUT2D eigenvalue weighted by Crippen LogP contribution is 2.48. The summed E-state index contributed by atoms with van der Waals surface area (Å²) in [5.74, 6) is 0. The molecule has 0 aliphatic heterocycles. The van der Waals surface area contributed by atoms with Crippen molar-refractivity contribution in [2.24, 2.45) is 10.8 Å². The van der Waals surface area contributed by atoms with E-state index in [0.29, 0.717) is 5.41 Å². The van der Waals surface area contributed by atoms with Crippen molar-refractivity contribution in [2.45, 2.75) is 66.2 Å². The molecule has 0 aromatic heterocycles. The molecule has 0 aromatic rings. The van der Waals surface area contributed by atoms with Crippen LogP contribution < -0.4 is 0 Å². The first kappa shape index (κ1) is 10.1. The first-order valence-electron chi connectivity index (χ1n) is 5.47. The van der Waals surface area contributed by atoms with Crippen LogP contribution in [0.15, 0.2) is 0 Å². The number of hydrogen-bond donors (Lipinski definition) is 0. The molecule has 1 saturated carbocycles. The van der Waals surface area contributed by atoms with Crippen LogP contribution in [0, 0.1) is 10.8 Å². The molecule has 1 fully saturated rings. The molecular formula is C12H24.